The number of furan rings is 1. The Morgan fingerprint density at radius 3 is 1.98 bits per heavy atom. The van der Waals surface area contributed by atoms with Crippen LogP contribution < -0.4 is 4.90 Å². The molecule has 2 nitrogen and oxygen atoms in total. The molecule has 58 heavy (non-hydrogen) atoms. The fourth-order valence-electron chi connectivity index (χ4n) is 9.81. The maximum atomic E-state index is 6.61. The molecule has 2 aromatic heterocycles. The molecule has 0 N–H and O–H groups in total. The molecule has 0 amide bonds. The summed E-state index contributed by atoms with van der Waals surface area (Å²) in [6.45, 7) is 4.76. The molecule has 9 aromatic carbocycles. The standard InChI is InChI=1S/C55H37NOS/c1-55(2)46-23-8-5-16-39(46)43-21-12-25-48(53(43)55)56(37-30-28-34(29-31-37)38-19-11-22-44-41-18-7-10-27-51(41)58-54(38)44)47-24-9-6-17-40(47)42-20-13-26-49-52(42)45-32-35-14-3-4-15-36(35)33-50(45)57-49/h3-33H,1-2H3. The average molecular weight is 760 g/mol. The molecule has 3 heteroatoms. The zero-order valence-corrected chi connectivity index (χ0v) is 33.0. The van der Waals surface area contributed by atoms with Crippen LogP contribution in [0.2, 0.25) is 0 Å². The summed E-state index contributed by atoms with van der Waals surface area (Å²) >= 11 is 1.88. The van der Waals surface area contributed by atoms with E-state index < -0.39 is 0 Å². The lowest BCUT2D eigenvalue weighted by Crippen LogP contribution is -2.21. The van der Waals surface area contributed by atoms with E-state index in [1.54, 1.807) is 0 Å². The number of anilines is 3. The maximum absolute atomic E-state index is 6.61. The van der Waals surface area contributed by atoms with Gasteiger partial charge in [0.1, 0.15) is 11.2 Å². The summed E-state index contributed by atoms with van der Waals surface area (Å²) in [5.74, 6) is 0. The molecule has 0 spiro atoms. The molecule has 274 valence electrons. The van der Waals surface area contributed by atoms with Crippen LogP contribution in [0.5, 0.6) is 0 Å². The Kier molecular flexibility index (Phi) is 7.18. The largest absolute Gasteiger partial charge is 0.456 e. The van der Waals surface area contributed by atoms with Gasteiger partial charge in [0.2, 0.25) is 0 Å². The van der Waals surface area contributed by atoms with Crippen LogP contribution in [-0.4, -0.2) is 0 Å². The van der Waals surface area contributed by atoms with Crippen molar-refractivity contribution in [3.63, 3.8) is 0 Å². The van der Waals surface area contributed by atoms with E-state index >= 15 is 0 Å². The van der Waals surface area contributed by atoms with E-state index in [1.807, 2.05) is 11.3 Å². The lowest BCUT2D eigenvalue weighted by molar-refractivity contribution is 0.661. The van der Waals surface area contributed by atoms with Crippen molar-refractivity contribution in [1.82, 2.24) is 0 Å². The second-order valence-corrected chi connectivity index (χ2v) is 17.1. The third-order valence-electron chi connectivity index (χ3n) is 12.4. The molecule has 0 unspecified atom stereocenters. The summed E-state index contributed by atoms with van der Waals surface area (Å²) in [5, 5.41) is 7.27. The molecule has 0 bridgehead atoms. The number of hydrogen-bond donors (Lipinski definition) is 0. The smallest absolute Gasteiger partial charge is 0.136 e. The zero-order chi connectivity index (χ0) is 38.5. The highest BCUT2D eigenvalue weighted by Crippen LogP contribution is 2.55. The summed E-state index contributed by atoms with van der Waals surface area (Å²) in [6.07, 6.45) is 0. The van der Waals surface area contributed by atoms with Gasteiger partial charge in [-0.15, -0.1) is 11.3 Å². The summed E-state index contributed by atoms with van der Waals surface area (Å²) in [6, 6.07) is 68.9. The molecule has 0 radical (unpaired) electrons. The van der Waals surface area contributed by atoms with Crippen LogP contribution in [-0.2, 0) is 5.41 Å². The first-order valence-corrected chi connectivity index (χ1v) is 20.8. The Morgan fingerprint density at radius 1 is 0.466 bits per heavy atom. The maximum Gasteiger partial charge on any atom is 0.136 e. The van der Waals surface area contributed by atoms with Crippen LogP contribution in [0.15, 0.2) is 192 Å². The van der Waals surface area contributed by atoms with E-state index in [2.05, 4.69) is 207 Å². The molecule has 0 saturated heterocycles. The number of hydrogen-bond acceptors (Lipinski definition) is 3. The molecule has 0 atom stereocenters. The number of nitrogens with zero attached hydrogens (tertiary/aromatic N) is 1. The first kappa shape index (κ1) is 33.2. The predicted octanol–water partition coefficient (Wildman–Crippen LogP) is 16.2. The normalized spacial score (nSPS) is 13.1. The van der Waals surface area contributed by atoms with E-state index in [0.29, 0.717) is 0 Å². The molecular weight excluding hydrogens is 723 g/mol. The highest BCUT2D eigenvalue weighted by molar-refractivity contribution is 7.26. The van der Waals surface area contributed by atoms with E-state index in [-0.39, 0.29) is 5.41 Å². The molecule has 0 fully saturated rings. The second-order valence-electron chi connectivity index (χ2n) is 16.0. The lowest BCUT2D eigenvalue weighted by Gasteiger charge is -2.33. The Bertz CT molecular complexity index is 3440. The first-order chi connectivity index (χ1) is 28.5. The highest BCUT2D eigenvalue weighted by atomic mass is 32.1. The zero-order valence-electron chi connectivity index (χ0n) is 32.2. The number of fused-ring (bicyclic) bond motifs is 10. The van der Waals surface area contributed by atoms with Gasteiger partial charge in [0.25, 0.3) is 0 Å². The Balaban J connectivity index is 1.09. The molecule has 0 saturated carbocycles. The van der Waals surface area contributed by atoms with Gasteiger partial charge in [0.05, 0.1) is 11.4 Å². The molecule has 11 aromatic rings. The summed E-state index contributed by atoms with van der Waals surface area (Å²) in [7, 11) is 0. The molecule has 12 rings (SSSR count). The number of benzene rings is 9. The van der Waals surface area contributed by atoms with E-state index in [1.165, 1.54) is 70.0 Å². The fourth-order valence-corrected chi connectivity index (χ4v) is 11.0. The summed E-state index contributed by atoms with van der Waals surface area (Å²) in [4.78, 5) is 2.50. The third-order valence-corrected chi connectivity index (χ3v) is 13.7. The topological polar surface area (TPSA) is 16.4 Å². The molecular formula is C55H37NOS. The van der Waals surface area contributed by atoms with Crippen molar-refractivity contribution in [3.8, 4) is 33.4 Å². The van der Waals surface area contributed by atoms with Crippen molar-refractivity contribution in [2.24, 2.45) is 0 Å². The fraction of sp³-hybridized carbons (Fsp3) is 0.0545. The van der Waals surface area contributed by atoms with Crippen molar-refractivity contribution in [1.29, 1.82) is 0 Å². The van der Waals surface area contributed by atoms with Crippen molar-refractivity contribution < 1.29 is 4.42 Å². The highest BCUT2D eigenvalue weighted by Gasteiger charge is 2.39. The second kappa shape index (κ2) is 12.5. The third kappa shape index (κ3) is 4.84. The monoisotopic (exact) mass is 759 g/mol. The van der Waals surface area contributed by atoms with Crippen LogP contribution in [0.4, 0.5) is 17.1 Å². The number of rotatable bonds is 5. The average Bonchev–Trinajstić information content (AvgIpc) is 3.91. The Hall–Kier alpha value is -6.94. The summed E-state index contributed by atoms with van der Waals surface area (Å²) < 4.78 is 9.25. The molecule has 1 aliphatic rings. The van der Waals surface area contributed by atoms with Crippen LogP contribution in [0.1, 0.15) is 25.0 Å². The minimum absolute atomic E-state index is 0.214. The van der Waals surface area contributed by atoms with Gasteiger partial charge in [-0.25, -0.2) is 0 Å². The van der Waals surface area contributed by atoms with Gasteiger partial charge in [-0.1, -0.05) is 153 Å². The van der Waals surface area contributed by atoms with Crippen molar-refractivity contribution >= 4 is 81.3 Å². The van der Waals surface area contributed by atoms with Crippen LogP contribution in [0, 0.1) is 0 Å². The van der Waals surface area contributed by atoms with Crippen molar-refractivity contribution in [2.45, 2.75) is 19.3 Å². The molecule has 0 aliphatic heterocycles. The van der Waals surface area contributed by atoms with Crippen LogP contribution in [0.3, 0.4) is 0 Å². The van der Waals surface area contributed by atoms with Gasteiger partial charge in [-0.05, 0) is 98.2 Å². The van der Waals surface area contributed by atoms with E-state index in [4.69, 9.17) is 4.42 Å². The van der Waals surface area contributed by atoms with Gasteiger partial charge < -0.3 is 9.32 Å². The predicted molar refractivity (Wildman–Crippen MR) is 247 cm³/mol. The van der Waals surface area contributed by atoms with E-state index in [9.17, 15) is 0 Å². The van der Waals surface area contributed by atoms with Gasteiger partial charge in [0, 0.05) is 47.6 Å². The minimum atomic E-state index is -0.214. The van der Waals surface area contributed by atoms with E-state index in [0.717, 1.165) is 44.4 Å². The van der Waals surface area contributed by atoms with Gasteiger partial charge >= 0.3 is 0 Å². The minimum Gasteiger partial charge on any atom is -0.456 e. The van der Waals surface area contributed by atoms with Gasteiger partial charge in [-0.3, -0.25) is 0 Å². The van der Waals surface area contributed by atoms with Gasteiger partial charge in [0.15, 0.2) is 0 Å². The van der Waals surface area contributed by atoms with Crippen LogP contribution >= 0.6 is 11.3 Å². The lowest BCUT2D eigenvalue weighted by atomic mass is 9.81. The Morgan fingerprint density at radius 2 is 1.10 bits per heavy atom. The molecule has 2 heterocycles. The Labute approximate surface area is 340 Å². The number of para-hydroxylation sites is 1. The SMILES string of the molecule is CC1(C)c2ccccc2-c2cccc(N(c3ccc(-c4cccc5c4sc4ccccc45)cc3)c3ccccc3-c3cccc4oc5cc6ccccc6cc5c34)c21. The van der Waals surface area contributed by atoms with Gasteiger partial charge in [-0.2, -0.15) is 0 Å². The van der Waals surface area contributed by atoms with Crippen molar-refractivity contribution in [3.05, 3.63) is 199 Å². The summed E-state index contributed by atoms with van der Waals surface area (Å²) in [5.41, 5.74) is 15.1. The quantitative estimate of drug-likeness (QED) is 0.174. The van der Waals surface area contributed by atoms with Crippen molar-refractivity contribution in [2.75, 3.05) is 4.90 Å². The molecule has 1 aliphatic carbocycles. The first-order valence-electron chi connectivity index (χ1n) is 20.0. The van der Waals surface area contributed by atoms with Crippen LogP contribution in [0.25, 0.3) is 86.3 Å². The number of thiophene rings is 1.